The second kappa shape index (κ2) is 2.87. The maximum Gasteiger partial charge on any atom is -0.00658 e. The molecule has 0 fully saturated rings. The summed E-state index contributed by atoms with van der Waals surface area (Å²) in [6, 6.07) is 0. The topological polar surface area (TPSA) is 0 Å². The van der Waals surface area contributed by atoms with Crippen molar-refractivity contribution in [1.82, 2.24) is 0 Å². The Morgan fingerprint density at radius 3 is 2.17 bits per heavy atom. The van der Waals surface area contributed by atoms with Crippen LogP contribution < -0.4 is 0 Å². The lowest BCUT2D eigenvalue weighted by Crippen LogP contribution is -1.45. The van der Waals surface area contributed by atoms with Gasteiger partial charge in [0.2, 0.25) is 0 Å². The summed E-state index contributed by atoms with van der Waals surface area (Å²) in [7, 11) is 0.966. The molecule has 0 N–H and O–H groups in total. The first kappa shape index (κ1) is 5.65. The molecule has 6 heavy (non-hydrogen) atoms. The largest absolute Gasteiger partial charge is 0.0981 e. The number of hydrogen-bond donors (Lipinski definition) is 0. The van der Waals surface area contributed by atoms with Crippen LogP contribution in [0, 0.1) is 0 Å². The minimum atomic E-state index is 0.966. The summed E-state index contributed by atoms with van der Waals surface area (Å²) < 4.78 is 0. The molecule has 0 heterocycles. The van der Waals surface area contributed by atoms with Crippen LogP contribution in [0.5, 0.6) is 0 Å². The van der Waals surface area contributed by atoms with Gasteiger partial charge in [0.15, 0.2) is 0 Å². The van der Waals surface area contributed by atoms with Gasteiger partial charge in [-0.1, -0.05) is 33.7 Å². The van der Waals surface area contributed by atoms with E-state index in [0.717, 1.165) is 13.5 Å². The molecule has 0 unspecified atom stereocenters. The third-order valence-electron chi connectivity index (χ3n) is 0.439. The maximum absolute atomic E-state index is 3.60. The van der Waals surface area contributed by atoms with Crippen LogP contribution in [0.3, 0.4) is 0 Å². The van der Waals surface area contributed by atoms with Gasteiger partial charge in [-0.25, -0.2) is 0 Å². The summed E-state index contributed by atoms with van der Waals surface area (Å²) in [5.74, 6) is 0. The van der Waals surface area contributed by atoms with Crippen LogP contribution in [0.15, 0.2) is 24.5 Å². The van der Waals surface area contributed by atoms with E-state index in [2.05, 4.69) is 19.5 Å². The minimum absolute atomic E-state index is 0.966. The van der Waals surface area contributed by atoms with E-state index in [-0.39, 0.29) is 0 Å². The zero-order valence-electron chi connectivity index (χ0n) is 3.65. The van der Waals surface area contributed by atoms with Crippen LogP contribution >= 0.6 is 8.20 Å². The fraction of sp³-hybridized carbons (Fsp3) is 0. The van der Waals surface area contributed by atoms with Gasteiger partial charge in [0, 0.05) is 0 Å². The van der Waals surface area contributed by atoms with E-state index in [1.807, 2.05) is 0 Å². The first-order chi connectivity index (χ1) is 2.81. The molecule has 0 radical (unpaired) electrons. The first-order valence-corrected chi connectivity index (χ1v) is 2.67. The molecule has 0 spiro atoms. The van der Waals surface area contributed by atoms with Crippen molar-refractivity contribution < 1.29 is 0 Å². The van der Waals surface area contributed by atoms with Crippen molar-refractivity contribution in [2.24, 2.45) is 0 Å². The van der Waals surface area contributed by atoms with Crippen LogP contribution in [0.25, 0.3) is 0 Å². The Kier molecular flexibility index (Phi) is 2.70. The quantitative estimate of drug-likeness (QED) is 0.366. The summed E-state index contributed by atoms with van der Waals surface area (Å²) in [6.07, 6.45) is 5.26. The van der Waals surface area contributed by atoms with Crippen LogP contribution in [-0.2, 0) is 0 Å². The minimum Gasteiger partial charge on any atom is -0.0981 e. The standard InChI is InChI=1S/C5H7P/c1-4-5(2)6-3/h4H,1-3H2. The zero-order chi connectivity index (χ0) is 4.99. The van der Waals surface area contributed by atoms with Crippen molar-refractivity contribution in [3.8, 4) is 0 Å². The highest BCUT2D eigenvalue weighted by Gasteiger charge is 1.67. The van der Waals surface area contributed by atoms with Crippen molar-refractivity contribution in [2.45, 2.75) is 0 Å². The third-order valence-corrected chi connectivity index (χ3v) is 1.03. The second-order valence-corrected chi connectivity index (χ2v) is 1.74. The Labute approximate surface area is 40.0 Å². The predicted molar refractivity (Wildman–Crippen MR) is 33.4 cm³/mol. The van der Waals surface area contributed by atoms with Crippen LogP contribution in [0.4, 0.5) is 0 Å². The van der Waals surface area contributed by atoms with Crippen molar-refractivity contribution in [3.05, 3.63) is 24.5 Å². The van der Waals surface area contributed by atoms with Crippen molar-refractivity contribution >= 4 is 14.5 Å². The van der Waals surface area contributed by atoms with E-state index in [1.54, 1.807) is 6.08 Å². The molecular formula is C5H7P. The number of hydrogen-bond acceptors (Lipinski definition) is 0. The van der Waals surface area contributed by atoms with Crippen molar-refractivity contribution in [3.63, 3.8) is 0 Å². The SMILES string of the molecule is C=CC(=C)P=C. The Balaban J connectivity index is 3.52. The molecule has 0 aliphatic heterocycles. The summed E-state index contributed by atoms with van der Waals surface area (Å²) in [5.41, 5.74) is 0. The normalized spacial score (nSPS) is 8.00. The molecule has 0 rings (SSSR count). The molecule has 0 saturated carbocycles. The van der Waals surface area contributed by atoms with Gasteiger partial charge in [-0.05, 0) is 5.31 Å². The average Bonchev–Trinajstić information content (AvgIpc) is 1.65. The molecule has 0 aromatic carbocycles. The van der Waals surface area contributed by atoms with E-state index in [9.17, 15) is 0 Å². The maximum atomic E-state index is 3.60. The molecule has 0 aliphatic rings. The fourth-order valence-corrected chi connectivity index (χ4v) is 0.194. The van der Waals surface area contributed by atoms with Crippen molar-refractivity contribution in [1.29, 1.82) is 0 Å². The van der Waals surface area contributed by atoms with E-state index in [4.69, 9.17) is 0 Å². The first-order valence-electron chi connectivity index (χ1n) is 1.59. The van der Waals surface area contributed by atoms with E-state index < -0.39 is 0 Å². The molecule has 0 saturated heterocycles. The van der Waals surface area contributed by atoms with Gasteiger partial charge in [-0.2, -0.15) is 0 Å². The van der Waals surface area contributed by atoms with E-state index in [0.29, 0.717) is 0 Å². The molecule has 0 amide bonds. The lowest BCUT2D eigenvalue weighted by molar-refractivity contribution is 2.06. The summed E-state index contributed by atoms with van der Waals surface area (Å²) in [5, 5.41) is 0.968. The van der Waals surface area contributed by atoms with Gasteiger partial charge < -0.3 is 0 Å². The van der Waals surface area contributed by atoms with E-state index in [1.165, 1.54) is 0 Å². The lowest BCUT2D eigenvalue weighted by Gasteiger charge is -1.75. The van der Waals surface area contributed by atoms with Gasteiger partial charge in [0.05, 0.1) is 0 Å². The molecule has 0 nitrogen and oxygen atoms in total. The smallest absolute Gasteiger partial charge is 0.00658 e. The number of allylic oxidation sites excluding steroid dienone is 2. The monoisotopic (exact) mass is 98.0 g/mol. The van der Waals surface area contributed by atoms with Crippen molar-refractivity contribution in [2.75, 3.05) is 0 Å². The predicted octanol–water partition coefficient (Wildman–Crippen LogP) is 2.06. The molecule has 0 aromatic rings. The Morgan fingerprint density at radius 2 is 2.17 bits per heavy atom. The Bertz CT molecular complexity index is 71.9. The second-order valence-electron chi connectivity index (χ2n) is 0.854. The molecule has 0 aliphatic carbocycles. The Morgan fingerprint density at radius 1 is 1.67 bits per heavy atom. The highest BCUT2D eigenvalue weighted by Crippen LogP contribution is 2.06. The summed E-state index contributed by atoms with van der Waals surface area (Å²) in [4.78, 5) is 0. The highest BCUT2D eigenvalue weighted by atomic mass is 31.1. The summed E-state index contributed by atoms with van der Waals surface area (Å²) >= 11 is 0. The molecule has 0 atom stereocenters. The van der Waals surface area contributed by atoms with Gasteiger partial charge in [0.25, 0.3) is 0 Å². The molecule has 1 heteroatoms. The van der Waals surface area contributed by atoms with Crippen LogP contribution in [0.2, 0.25) is 0 Å². The van der Waals surface area contributed by atoms with Gasteiger partial charge >= 0.3 is 0 Å². The zero-order valence-corrected chi connectivity index (χ0v) is 4.54. The van der Waals surface area contributed by atoms with E-state index >= 15 is 0 Å². The molecule has 32 valence electrons. The fourth-order valence-electron chi connectivity index (χ4n) is 0.0645. The summed E-state index contributed by atoms with van der Waals surface area (Å²) in [6.45, 7) is 7.08. The number of rotatable bonds is 2. The lowest BCUT2D eigenvalue weighted by atomic mass is 10.6. The third kappa shape index (κ3) is 1.92. The van der Waals surface area contributed by atoms with Gasteiger partial charge in [0.1, 0.15) is 0 Å². The molecule has 0 bridgehead atoms. The average molecular weight is 98.1 g/mol. The molecular weight excluding hydrogens is 91.0 g/mol. The van der Waals surface area contributed by atoms with Crippen LogP contribution in [0.1, 0.15) is 0 Å². The highest BCUT2D eigenvalue weighted by molar-refractivity contribution is 7.41. The molecule has 0 aromatic heterocycles. The van der Waals surface area contributed by atoms with Gasteiger partial charge in [-0.15, -0.1) is 0 Å². The van der Waals surface area contributed by atoms with Crippen LogP contribution in [-0.4, -0.2) is 6.30 Å². The van der Waals surface area contributed by atoms with Gasteiger partial charge in [-0.3, -0.25) is 0 Å². The Hall–Kier alpha value is -0.350.